The SMILES string of the molecule is CCCCCCCCCCCCOc1cc(N=Cc2cccc(OCC(=O)Nc3ccc(C)cc3)c2O)c(N=Cc2cccc(OCC(=O)Nc3ccc(C)cc3)c2O)cc1OCCCCCCCCCCCC. The molecular weight excluding hydrogens is 929 g/mol. The van der Waals surface area contributed by atoms with Crippen molar-refractivity contribution < 1.29 is 38.7 Å². The third-order valence-corrected chi connectivity index (χ3v) is 12.7. The van der Waals surface area contributed by atoms with Gasteiger partial charge in [-0.15, -0.1) is 0 Å². The molecule has 0 spiro atoms. The van der Waals surface area contributed by atoms with Gasteiger partial charge in [0.2, 0.25) is 0 Å². The predicted octanol–water partition coefficient (Wildman–Crippen LogP) is 15.9. The summed E-state index contributed by atoms with van der Waals surface area (Å²) in [5.41, 5.74) is 4.95. The highest BCUT2D eigenvalue weighted by molar-refractivity contribution is 5.94. The van der Waals surface area contributed by atoms with Crippen LogP contribution >= 0.6 is 0 Å². The first kappa shape index (κ1) is 58.1. The van der Waals surface area contributed by atoms with E-state index >= 15 is 0 Å². The first-order valence-corrected chi connectivity index (χ1v) is 27.3. The Hall–Kier alpha value is -6.82. The molecule has 12 heteroatoms. The molecule has 74 heavy (non-hydrogen) atoms. The second-order valence-electron chi connectivity index (χ2n) is 19.2. The van der Waals surface area contributed by atoms with Crippen LogP contribution in [0.25, 0.3) is 0 Å². The molecule has 0 bridgehead atoms. The Balaban J connectivity index is 1.36. The number of anilines is 2. The van der Waals surface area contributed by atoms with Crippen LogP contribution in [0.5, 0.6) is 34.5 Å². The number of aryl methyl sites for hydroxylation is 2. The number of hydrogen-bond acceptors (Lipinski definition) is 10. The number of phenols is 2. The molecule has 0 fully saturated rings. The number of para-hydroxylation sites is 2. The minimum absolute atomic E-state index is 0.118. The van der Waals surface area contributed by atoms with Crippen molar-refractivity contribution in [1.82, 2.24) is 0 Å². The van der Waals surface area contributed by atoms with Crippen molar-refractivity contribution >= 4 is 47.0 Å². The molecule has 5 rings (SSSR count). The first-order valence-electron chi connectivity index (χ1n) is 27.3. The highest BCUT2D eigenvalue weighted by Gasteiger charge is 2.16. The molecule has 0 unspecified atom stereocenters. The van der Waals surface area contributed by atoms with E-state index < -0.39 is 0 Å². The Kier molecular flexibility index (Phi) is 26.5. The number of nitrogens with zero attached hydrogens (tertiary/aromatic N) is 2. The number of amides is 2. The molecular formula is C62H82N4O8. The fourth-order valence-corrected chi connectivity index (χ4v) is 8.27. The van der Waals surface area contributed by atoms with Crippen LogP contribution < -0.4 is 29.6 Å². The second-order valence-corrected chi connectivity index (χ2v) is 19.2. The average molecular weight is 1010 g/mol. The van der Waals surface area contributed by atoms with Crippen molar-refractivity contribution in [3.8, 4) is 34.5 Å². The summed E-state index contributed by atoms with van der Waals surface area (Å²) in [6.45, 7) is 8.80. The van der Waals surface area contributed by atoms with Crippen LogP contribution in [0.3, 0.4) is 0 Å². The molecule has 12 nitrogen and oxygen atoms in total. The molecule has 0 saturated carbocycles. The number of nitrogens with one attached hydrogen (secondary N) is 2. The van der Waals surface area contributed by atoms with Gasteiger partial charge in [-0.2, -0.15) is 0 Å². The molecule has 0 aliphatic heterocycles. The number of carbonyl (C=O) groups excluding carboxylic acids is 2. The number of benzene rings is 5. The van der Waals surface area contributed by atoms with Crippen molar-refractivity contribution in [3.63, 3.8) is 0 Å². The zero-order valence-corrected chi connectivity index (χ0v) is 44.6. The summed E-state index contributed by atoms with van der Waals surface area (Å²) in [6, 6.07) is 28.5. The lowest BCUT2D eigenvalue weighted by atomic mass is 10.1. The maximum atomic E-state index is 12.8. The Labute approximate surface area is 441 Å². The zero-order chi connectivity index (χ0) is 52.6. The van der Waals surface area contributed by atoms with Gasteiger partial charge in [0.25, 0.3) is 11.8 Å². The molecule has 0 radical (unpaired) electrons. The van der Waals surface area contributed by atoms with Gasteiger partial charge in [-0.1, -0.05) is 177 Å². The lowest BCUT2D eigenvalue weighted by molar-refractivity contribution is -0.118. The third-order valence-electron chi connectivity index (χ3n) is 12.7. The Morgan fingerprint density at radius 2 is 0.784 bits per heavy atom. The predicted molar refractivity (Wildman–Crippen MR) is 302 cm³/mol. The van der Waals surface area contributed by atoms with E-state index in [-0.39, 0.29) is 48.0 Å². The number of ether oxygens (including phenoxy) is 4. The van der Waals surface area contributed by atoms with Crippen LogP contribution in [0, 0.1) is 13.8 Å². The molecule has 0 aliphatic carbocycles. The number of aliphatic imine (C=N–C) groups is 2. The molecule has 4 N–H and O–H groups in total. The van der Waals surface area contributed by atoms with E-state index in [4.69, 9.17) is 28.9 Å². The van der Waals surface area contributed by atoms with Gasteiger partial charge < -0.3 is 39.8 Å². The lowest BCUT2D eigenvalue weighted by Gasteiger charge is -2.15. The summed E-state index contributed by atoms with van der Waals surface area (Å²) in [6.07, 6.45) is 27.2. The highest BCUT2D eigenvalue weighted by atomic mass is 16.5. The zero-order valence-electron chi connectivity index (χ0n) is 44.6. The summed E-state index contributed by atoms with van der Waals surface area (Å²) < 4.78 is 24.5. The van der Waals surface area contributed by atoms with Gasteiger partial charge in [0, 0.05) is 47.1 Å². The highest BCUT2D eigenvalue weighted by Crippen LogP contribution is 2.41. The normalized spacial score (nSPS) is 11.3. The Bertz CT molecular complexity index is 2320. The first-order chi connectivity index (χ1) is 36.1. The van der Waals surface area contributed by atoms with E-state index in [9.17, 15) is 19.8 Å². The number of aromatic hydroxyl groups is 2. The van der Waals surface area contributed by atoms with Crippen LogP contribution in [-0.4, -0.2) is 60.9 Å². The smallest absolute Gasteiger partial charge is 0.262 e. The second kappa shape index (κ2) is 33.8. The van der Waals surface area contributed by atoms with Gasteiger partial charge in [0.15, 0.2) is 47.7 Å². The quantitative estimate of drug-likeness (QED) is 0.0228. The minimum Gasteiger partial charge on any atom is -0.504 e. The van der Waals surface area contributed by atoms with Gasteiger partial charge in [-0.25, -0.2) is 0 Å². The van der Waals surface area contributed by atoms with Crippen molar-refractivity contribution in [2.24, 2.45) is 9.98 Å². The van der Waals surface area contributed by atoms with Crippen molar-refractivity contribution in [2.75, 3.05) is 37.1 Å². The van der Waals surface area contributed by atoms with E-state index in [0.717, 1.165) is 49.7 Å². The lowest BCUT2D eigenvalue weighted by Crippen LogP contribution is -2.20. The van der Waals surface area contributed by atoms with Gasteiger partial charge in [-0.3, -0.25) is 19.6 Å². The summed E-state index contributed by atoms with van der Waals surface area (Å²) in [5, 5.41) is 28.3. The maximum absolute atomic E-state index is 12.8. The summed E-state index contributed by atoms with van der Waals surface area (Å²) in [4.78, 5) is 35.2. The number of unbranched alkanes of at least 4 members (excludes halogenated alkanes) is 18. The average Bonchev–Trinajstić information content (AvgIpc) is 3.40. The van der Waals surface area contributed by atoms with E-state index in [1.807, 2.05) is 62.4 Å². The van der Waals surface area contributed by atoms with E-state index in [0.29, 0.717) is 58.6 Å². The number of carbonyl (C=O) groups is 2. The Morgan fingerprint density at radius 3 is 1.14 bits per heavy atom. The monoisotopic (exact) mass is 1010 g/mol. The minimum atomic E-state index is -0.373. The molecule has 398 valence electrons. The van der Waals surface area contributed by atoms with Crippen LogP contribution in [0.2, 0.25) is 0 Å². The molecule has 0 atom stereocenters. The van der Waals surface area contributed by atoms with E-state index in [2.05, 4.69) is 24.5 Å². The number of rotatable bonds is 36. The molecule has 0 aromatic heterocycles. The van der Waals surface area contributed by atoms with Crippen molar-refractivity contribution in [2.45, 2.75) is 156 Å². The summed E-state index contributed by atoms with van der Waals surface area (Å²) in [7, 11) is 0. The fourth-order valence-electron chi connectivity index (χ4n) is 8.27. The molecule has 2 amide bonds. The van der Waals surface area contributed by atoms with Gasteiger partial charge in [-0.05, 0) is 75.2 Å². The summed E-state index contributed by atoms with van der Waals surface area (Å²) >= 11 is 0. The van der Waals surface area contributed by atoms with Crippen LogP contribution in [0.15, 0.2) is 107 Å². The Morgan fingerprint density at radius 1 is 0.446 bits per heavy atom. The third kappa shape index (κ3) is 21.7. The maximum Gasteiger partial charge on any atom is 0.262 e. The van der Waals surface area contributed by atoms with Crippen molar-refractivity contribution in [3.05, 3.63) is 119 Å². The molecule has 0 saturated heterocycles. The number of phenolic OH excluding ortho intramolecular Hbond substituents is 2. The van der Waals surface area contributed by atoms with Crippen molar-refractivity contribution in [1.29, 1.82) is 0 Å². The van der Waals surface area contributed by atoms with Crippen LogP contribution in [0.1, 0.15) is 165 Å². The molecule has 5 aromatic carbocycles. The van der Waals surface area contributed by atoms with Crippen LogP contribution in [0.4, 0.5) is 22.7 Å². The molecule has 5 aromatic rings. The topological polar surface area (TPSA) is 160 Å². The van der Waals surface area contributed by atoms with E-state index in [1.165, 1.54) is 102 Å². The molecule has 0 heterocycles. The van der Waals surface area contributed by atoms with Gasteiger partial charge in [0.1, 0.15) is 0 Å². The van der Waals surface area contributed by atoms with Gasteiger partial charge in [0.05, 0.1) is 24.6 Å². The summed E-state index contributed by atoms with van der Waals surface area (Å²) in [5.74, 6) is 0.176. The number of hydrogen-bond donors (Lipinski definition) is 4. The standard InChI is InChI=1S/C62H82N4O8/c1-5-7-9-11-13-15-17-19-21-23-39-71-57-41-53(63-43-49-27-25-29-55(61(49)69)73-45-59(67)65-51-35-31-47(3)32-36-51)54(42-58(57)72-40-24-22-20-18-16-14-12-10-8-6-2)64-44-50-28-26-30-56(62(50)70)74-46-60(68)66-52-37-33-48(4)34-38-52/h25-38,41-44,69-70H,5-24,39-40,45-46H2,1-4H3,(H,65,67)(H,66,68). The largest absolute Gasteiger partial charge is 0.504 e. The fraction of sp³-hybridized carbons (Fsp3) is 0.452. The molecule has 0 aliphatic rings. The van der Waals surface area contributed by atoms with E-state index in [1.54, 1.807) is 48.5 Å². The van der Waals surface area contributed by atoms with Gasteiger partial charge >= 0.3 is 0 Å². The van der Waals surface area contributed by atoms with Crippen LogP contribution in [-0.2, 0) is 9.59 Å².